The minimum absolute atomic E-state index is 0.216. The zero-order valence-electron chi connectivity index (χ0n) is 13.0. The third-order valence-corrected chi connectivity index (χ3v) is 3.90. The summed E-state index contributed by atoms with van der Waals surface area (Å²) in [6.45, 7) is 1.82. The van der Waals surface area contributed by atoms with Crippen molar-refractivity contribution in [2.24, 2.45) is 5.10 Å². The molecule has 0 aliphatic rings. The molecule has 0 amide bonds. The lowest BCUT2D eigenvalue weighted by molar-refractivity contribution is 0.480. The Balaban J connectivity index is 1.66. The van der Waals surface area contributed by atoms with Gasteiger partial charge in [0.2, 0.25) is 0 Å². The van der Waals surface area contributed by atoms with E-state index in [1.165, 1.54) is 0 Å². The van der Waals surface area contributed by atoms with Crippen LogP contribution in [-0.2, 0) is 0 Å². The number of fused-ring (bicyclic) bond motifs is 2. The minimum atomic E-state index is 0.216. The molecule has 5 nitrogen and oxygen atoms in total. The van der Waals surface area contributed by atoms with Gasteiger partial charge in [0, 0.05) is 10.9 Å². The predicted molar refractivity (Wildman–Crippen MR) is 95.5 cm³/mol. The van der Waals surface area contributed by atoms with Gasteiger partial charge in [-0.25, -0.2) is 5.43 Å². The van der Waals surface area contributed by atoms with E-state index in [2.05, 4.69) is 15.5 Å². The maximum absolute atomic E-state index is 10.5. The molecule has 0 bridgehead atoms. The van der Waals surface area contributed by atoms with E-state index in [0.29, 0.717) is 22.9 Å². The lowest BCUT2D eigenvalue weighted by Gasteiger charge is -2.07. The number of nitrogens with one attached hydrogen (secondary N) is 1. The number of hydrogen-bond donors (Lipinski definition) is 2. The van der Waals surface area contributed by atoms with Crippen molar-refractivity contribution < 1.29 is 9.52 Å². The van der Waals surface area contributed by atoms with Gasteiger partial charge in [0.1, 0.15) is 11.3 Å². The van der Waals surface area contributed by atoms with Crippen LogP contribution >= 0.6 is 0 Å². The average Bonchev–Trinajstić information content (AvgIpc) is 3.03. The van der Waals surface area contributed by atoms with Gasteiger partial charge in [-0.1, -0.05) is 42.5 Å². The fraction of sp³-hybridized carbons (Fsp3) is 0.0526. The van der Waals surface area contributed by atoms with Gasteiger partial charge in [-0.05, 0) is 30.5 Å². The van der Waals surface area contributed by atoms with Gasteiger partial charge in [0.25, 0.3) is 0 Å². The number of nitrogens with zero attached hydrogens (tertiary/aromatic N) is 2. The first-order valence-electron chi connectivity index (χ1n) is 7.59. The number of oxazole rings is 1. The number of hydrazone groups is 1. The Kier molecular flexibility index (Phi) is 3.39. The molecule has 1 heterocycles. The number of anilines is 1. The summed E-state index contributed by atoms with van der Waals surface area (Å²) in [5, 5.41) is 16.5. The Hall–Kier alpha value is -3.34. The number of para-hydroxylation sites is 2. The number of rotatable bonds is 3. The molecule has 0 saturated carbocycles. The van der Waals surface area contributed by atoms with E-state index in [1.807, 2.05) is 67.6 Å². The highest BCUT2D eigenvalue weighted by Crippen LogP contribution is 2.29. The lowest BCUT2D eigenvalue weighted by Crippen LogP contribution is -2.00. The molecule has 3 aromatic carbocycles. The fourth-order valence-electron chi connectivity index (χ4n) is 2.66. The smallest absolute Gasteiger partial charge is 0.316 e. The highest BCUT2D eigenvalue weighted by Gasteiger charge is 2.09. The number of aromatic nitrogens is 1. The van der Waals surface area contributed by atoms with E-state index in [9.17, 15) is 5.11 Å². The van der Waals surface area contributed by atoms with Crippen LogP contribution in [0.25, 0.3) is 21.9 Å². The Morgan fingerprint density at radius 2 is 1.83 bits per heavy atom. The maximum atomic E-state index is 10.5. The van der Waals surface area contributed by atoms with Crippen LogP contribution in [-0.4, -0.2) is 15.8 Å². The first-order valence-corrected chi connectivity index (χ1v) is 7.59. The highest BCUT2D eigenvalue weighted by atomic mass is 16.4. The maximum Gasteiger partial charge on any atom is 0.316 e. The van der Waals surface area contributed by atoms with Crippen LogP contribution in [0.15, 0.2) is 70.2 Å². The third kappa shape index (κ3) is 2.46. The molecule has 0 spiro atoms. The predicted octanol–water partition coefficient (Wildman–Crippen LogP) is 4.52. The van der Waals surface area contributed by atoms with Gasteiger partial charge in [0.15, 0.2) is 5.58 Å². The molecule has 0 unspecified atom stereocenters. The molecular weight excluding hydrogens is 302 g/mol. The van der Waals surface area contributed by atoms with Crippen LogP contribution < -0.4 is 5.43 Å². The van der Waals surface area contributed by atoms with Crippen molar-refractivity contribution in [2.45, 2.75) is 6.92 Å². The van der Waals surface area contributed by atoms with Gasteiger partial charge >= 0.3 is 6.01 Å². The van der Waals surface area contributed by atoms with Crippen molar-refractivity contribution in [3.8, 4) is 5.75 Å². The zero-order chi connectivity index (χ0) is 16.5. The molecule has 0 radical (unpaired) electrons. The Morgan fingerprint density at radius 1 is 1.04 bits per heavy atom. The minimum Gasteiger partial charge on any atom is -0.507 e. The van der Waals surface area contributed by atoms with Crippen molar-refractivity contribution in [3.05, 3.63) is 66.2 Å². The molecule has 0 aliphatic heterocycles. The van der Waals surface area contributed by atoms with Crippen LogP contribution in [0, 0.1) is 0 Å². The van der Waals surface area contributed by atoms with Crippen molar-refractivity contribution in [1.29, 1.82) is 0 Å². The molecule has 4 aromatic rings. The van der Waals surface area contributed by atoms with E-state index < -0.39 is 0 Å². The topological polar surface area (TPSA) is 70.7 Å². The Bertz CT molecular complexity index is 1030. The molecule has 118 valence electrons. The molecule has 1 aromatic heterocycles. The summed E-state index contributed by atoms with van der Waals surface area (Å²) >= 11 is 0. The second kappa shape index (κ2) is 5.70. The van der Waals surface area contributed by atoms with E-state index in [-0.39, 0.29) is 5.75 Å². The van der Waals surface area contributed by atoms with Crippen molar-refractivity contribution >= 4 is 33.6 Å². The van der Waals surface area contributed by atoms with E-state index in [0.717, 1.165) is 16.3 Å². The summed E-state index contributed by atoms with van der Waals surface area (Å²) in [6, 6.07) is 19.3. The molecule has 24 heavy (non-hydrogen) atoms. The number of phenols is 1. The molecule has 2 N–H and O–H groups in total. The molecule has 0 aliphatic carbocycles. The molecule has 0 atom stereocenters. The van der Waals surface area contributed by atoms with Crippen LogP contribution in [0.1, 0.15) is 12.5 Å². The first-order chi connectivity index (χ1) is 11.7. The molecule has 4 rings (SSSR count). The second-order valence-corrected chi connectivity index (χ2v) is 5.48. The van der Waals surface area contributed by atoms with E-state index >= 15 is 0 Å². The SMILES string of the molecule is C/C(=N\Nc1nc2ccccc2o1)c1ccc2ccccc2c1O. The fourth-order valence-corrected chi connectivity index (χ4v) is 2.66. The number of phenolic OH excluding ortho intramolecular Hbond substituents is 1. The van der Waals surface area contributed by atoms with Gasteiger partial charge in [-0.15, -0.1) is 0 Å². The quantitative estimate of drug-likeness (QED) is 0.430. The van der Waals surface area contributed by atoms with Crippen LogP contribution in [0.4, 0.5) is 6.01 Å². The van der Waals surface area contributed by atoms with Crippen LogP contribution in [0.3, 0.4) is 0 Å². The monoisotopic (exact) mass is 317 g/mol. The summed E-state index contributed by atoms with van der Waals surface area (Å²) in [5.74, 6) is 0.216. The summed E-state index contributed by atoms with van der Waals surface area (Å²) < 4.78 is 5.56. The van der Waals surface area contributed by atoms with Gasteiger partial charge in [-0.3, -0.25) is 0 Å². The summed E-state index contributed by atoms with van der Waals surface area (Å²) in [4.78, 5) is 4.30. The largest absolute Gasteiger partial charge is 0.507 e. The zero-order valence-corrected chi connectivity index (χ0v) is 13.0. The molecule has 0 saturated heterocycles. The lowest BCUT2D eigenvalue weighted by atomic mass is 10.0. The Labute approximate surface area is 138 Å². The van der Waals surface area contributed by atoms with Crippen molar-refractivity contribution in [2.75, 3.05) is 5.43 Å². The average molecular weight is 317 g/mol. The molecular formula is C19H15N3O2. The van der Waals surface area contributed by atoms with Crippen molar-refractivity contribution in [1.82, 2.24) is 4.98 Å². The van der Waals surface area contributed by atoms with Crippen LogP contribution in [0.2, 0.25) is 0 Å². The summed E-state index contributed by atoms with van der Waals surface area (Å²) in [5.41, 5.74) is 5.57. The van der Waals surface area contributed by atoms with Gasteiger partial charge in [-0.2, -0.15) is 10.1 Å². The van der Waals surface area contributed by atoms with Gasteiger partial charge < -0.3 is 9.52 Å². The first kappa shape index (κ1) is 14.3. The number of benzene rings is 3. The van der Waals surface area contributed by atoms with Crippen LogP contribution in [0.5, 0.6) is 5.75 Å². The molecule has 0 fully saturated rings. The van der Waals surface area contributed by atoms with Crippen molar-refractivity contribution in [3.63, 3.8) is 0 Å². The summed E-state index contributed by atoms with van der Waals surface area (Å²) in [7, 11) is 0. The highest BCUT2D eigenvalue weighted by molar-refractivity contribution is 6.06. The third-order valence-electron chi connectivity index (χ3n) is 3.90. The van der Waals surface area contributed by atoms with E-state index in [4.69, 9.17) is 4.42 Å². The van der Waals surface area contributed by atoms with E-state index in [1.54, 1.807) is 0 Å². The number of aromatic hydroxyl groups is 1. The second-order valence-electron chi connectivity index (χ2n) is 5.48. The normalized spacial score (nSPS) is 12.0. The Morgan fingerprint density at radius 3 is 2.71 bits per heavy atom. The molecule has 5 heteroatoms. The summed E-state index contributed by atoms with van der Waals surface area (Å²) in [6.07, 6.45) is 0. The standard InChI is InChI=1S/C19H15N3O2/c1-12(14-11-10-13-6-2-3-7-15(13)18(14)23)21-22-19-20-16-8-4-5-9-17(16)24-19/h2-11,23H,1H3,(H,20,22)/b21-12+. The van der Waals surface area contributed by atoms with Gasteiger partial charge in [0.05, 0.1) is 5.71 Å². The number of hydrogen-bond acceptors (Lipinski definition) is 5.